The molecule has 0 bridgehead atoms. The van der Waals surface area contributed by atoms with E-state index in [9.17, 15) is 0 Å². The highest BCUT2D eigenvalue weighted by atomic mass is 14.9. The van der Waals surface area contributed by atoms with Crippen LogP contribution in [0.4, 0.5) is 0 Å². The van der Waals surface area contributed by atoms with Crippen molar-refractivity contribution in [2.24, 2.45) is 0 Å². The highest BCUT2D eigenvalue weighted by Gasteiger charge is 2.26. The molecule has 0 radical (unpaired) electrons. The minimum Gasteiger partial charge on any atom is -0.152 e. The SMILES string of the molecule is c1ccc(-c2c(-c3ccccc3)[n+]3c4ccccc4ccc3c3ccccc23)cc1. The molecule has 6 aromatic rings. The van der Waals surface area contributed by atoms with Crippen LogP contribution in [0, 0.1) is 0 Å². The normalized spacial score (nSPS) is 11.3. The predicted octanol–water partition coefficient (Wildman–Crippen LogP) is 7.07. The van der Waals surface area contributed by atoms with E-state index in [1.165, 1.54) is 49.6 Å². The van der Waals surface area contributed by atoms with Crippen LogP contribution in [0.25, 0.3) is 49.6 Å². The van der Waals surface area contributed by atoms with Crippen LogP contribution in [0.1, 0.15) is 0 Å². The summed E-state index contributed by atoms with van der Waals surface area (Å²) in [5.41, 5.74) is 7.39. The lowest BCUT2D eigenvalue weighted by Crippen LogP contribution is -2.27. The second kappa shape index (κ2) is 6.82. The minimum atomic E-state index is 1.22. The first-order valence-electron chi connectivity index (χ1n) is 10.3. The topological polar surface area (TPSA) is 4.10 Å². The smallest absolute Gasteiger partial charge is 0.152 e. The second-order valence-corrected chi connectivity index (χ2v) is 7.61. The monoisotopic (exact) mass is 382 g/mol. The average Bonchev–Trinajstić information content (AvgIpc) is 2.84. The Balaban J connectivity index is 1.96. The standard InChI is InChI=1S/C29H20N/c1-3-12-22(13-4-1)28-25-17-9-8-16-24(25)27-20-19-21-11-7-10-18-26(21)30(27)29(28)23-14-5-2-6-15-23/h1-20H/q+1. The Morgan fingerprint density at radius 3 is 1.77 bits per heavy atom. The fourth-order valence-corrected chi connectivity index (χ4v) is 4.59. The van der Waals surface area contributed by atoms with Gasteiger partial charge in [-0.15, -0.1) is 0 Å². The van der Waals surface area contributed by atoms with Crippen LogP contribution in [-0.4, -0.2) is 0 Å². The van der Waals surface area contributed by atoms with E-state index >= 15 is 0 Å². The molecule has 0 unspecified atom stereocenters. The fourth-order valence-electron chi connectivity index (χ4n) is 4.59. The molecule has 2 aromatic heterocycles. The van der Waals surface area contributed by atoms with Crippen LogP contribution in [0.2, 0.25) is 0 Å². The lowest BCUT2D eigenvalue weighted by Gasteiger charge is -2.13. The Labute approximate surface area is 175 Å². The van der Waals surface area contributed by atoms with E-state index in [1.54, 1.807) is 0 Å². The third-order valence-corrected chi connectivity index (χ3v) is 5.88. The summed E-state index contributed by atoms with van der Waals surface area (Å²) in [6.45, 7) is 0. The van der Waals surface area contributed by atoms with Gasteiger partial charge in [0.2, 0.25) is 16.7 Å². The van der Waals surface area contributed by atoms with Crippen molar-refractivity contribution < 1.29 is 4.40 Å². The van der Waals surface area contributed by atoms with Crippen molar-refractivity contribution in [3.8, 4) is 22.4 Å². The summed E-state index contributed by atoms with van der Waals surface area (Å²) in [5, 5.41) is 3.78. The third kappa shape index (κ3) is 2.53. The lowest BCUT2D eigenvalue weighted by molar-refractivity contribution is -0.467. The number of para-hydroxylation sites is 1. The van der Waals surface area contributed by atoms with Crippen LogP contribution in [0.15, 0.2) is 121 Å². The number of rotatable bonds is 2. The lowest BCUT2D eigenvalue weighted by atomic mass is 9.92. The Bertz CT molecular complexity index is 1510. The van der Waals surface area contributed by atoms with Crippen molar-refractivity contribution in [3.63, 3.8) is 0 Å². The molecule has 0 atom stereocenters. The number of benzene rings is 4. The van der Waals surface area contributed by atoms with E-state index in [1.807, 2.05) is 0 Å². The Hall–Kier alpha value is -3.97. The van der Waals surface area contributed by atoms with Crippen molar-refractivity contribution >= 4 is 27.2 Å². The van der Waals surface area contributed by atoms with Crippen molar-refractivity contribution in [1.29, 1.82) is 0 Å². The molecule has 0 aliphatic carbocycles. The van der Waals surface area contributed by atoms with Crippen LogP contribution in [0.3, 0.4) is 0 Å². The van der Waals surface area contributed by atoms with Gasteiger partial charge in [0.1, 0.15) is 0 Å². The van der Waals surface area contributed by atoms with E-state index in [4.69, 9.17) is 0 Å². The van der Waals surface area contributed by atoms with Gasteiger partial charge in [-0.1, -0.05) is 78.9 Å². The average molecular weight is 382 g/mol. The zero-order valence-electron chi connectivity index (χ0n) is 16.5. The summed E-state index contributed by atoms with van der Waals surface area (Å²) in [4.78, 5) is 0. The molecule has 0 spiro atoms. The number of hydrogen-bond donors (Lipinski definition) is 0. The van der Waals surface area contributed by atoms with E-state index in [-0.39, 0.29) is 0 Å². The van der Waals surface area contributed by atoms with Gasteiger partial charge in [0.25, 0.3) is 0 Å². The fraction of sp³-hybridized carbons (Fsp3) is 0. The zero-order valence-corrected chi connectivity index (χ0v) is 16.5. The summed E-state index contributed by atoms with van der Waals surface area (Å²) >= 11 is 0. The van der Waals surface area contributed by atoms with Gasteiger partial charge in [0.05, 0.1) is 10.9 Å². The molecule has 0 amide bonds. The van der Waals surface area contributed by atoms with Crippen LogP contribution < -0.4 is 4.40 Å². The highest BCUT2D eigenvalue weighted by molar-refractivity contribution is 6.07. The number of pyridine rings is 2. The molecule has 0 fully saturated rings. The predicted molar refractivity (Wildman–Crippen MR) is 125 cm³/mol. The first kappa shape index (κ1) is 16.9. The van der Waals surface area contributed by atoms with Crippen molar-refractivity contribution in [2.45, 2.75) is 0 Å². The van der Waals surface area contributed by atoms with E-state index < -0.39 is 0 Å². The molecule has 4 aromatic carbocycles. The molecule has 0 saturated carbocycles. The third-order valence-electron chi connectivity index (χ3n) is 5.88. The quantitative estimate of drug-likeness (QED) is 0.223. The molecule has 0 aliphatic rings. The Morgan fingerprint density at radius 2 is 1.00 bits per heavy atom. The maximum atomic E-state index is 2.44. The number of hydrogen-bond acceptors (Lipinski definition) is 0. The first-order valence-corrected chi connectivity index (χ1v) is 10.3. The number of nitrogens with zero attached hydrogens (tertiary/aromatic N) is 1. The molecule has 140 valence electrons. The highest BCUT2D eigenvalue weighted by Crippen LogP contribution is 2.38. The maximum Gasteiger partial charge on any atom is 0.227 e. The van der Waals surface area contributed by atoms with Crippen molar-refractivity contribution in [3.05, 3.63) is 121 Å². The first-order chi connectivity index (χ1) is 14.9. The molecule has 1 nitrogen and oxygen atoms in total. The Morgan fingerprint density at radius 1 is 0.400 bits per heavy atom. The number of aromatic nitrogens is 1. The zero-order chi connectivity index (χ0) is 19.9. The molecule has 6 rings (SSSR count). The maximum absolute atomic E-state index is 2.44. The summed E-state index contributed by atoms with van der Waals surface area (Å²) in [6, 6.07) is 43.4. The van der Waals surface area contributed by atoms with E-state index in [0.29, 0.717) is 0 Å². The molecule has 0 aliphatic heterocycles. The van der Waals surface area contributed by atoms with Crippen molar-refractivity contribution in [2.75, 3.05) is 0 Å². The van der Waals surface area contributed by atoms with Gasteiger partial charge >= 0.3 is 0 Å². The van der Waals surface area contributed by atoms with Gasteiger partial charge in [-0.3, -0.25) is 0 Å². The van der Waals surface area contributed by atoms with Gasteiger partial charge in [-0.25, -0.2) is 0 Å². The van der Waals surface area contributed by atoms with Gasteiger partial charge in [0, 0.05) is 28.5 Å². The Kier molecular flexibility index (Phi) is 3.85. The molecule has 30 heavy (non-hydrogen) atoms. The van der Waals surface area contributed by atoms with Crippen LogP contribution in [-0.2, 0) is 0 Å². The van der Waals surface area contributed by atoms with Gasteiger partial charge in [-0.05, 0) is 35.9 Å². The van der Waals surface area contributed by atoms with Crippen molar-refractivity contribution in [1.82, 2.24) is 0 Å². The summed E-state index contributed by atoms with van der Waals surface area (Å²) in [7, 11) is 0. The molecule has 2 heterocycles. The van der Waals surface area contributed by atoms with Gasteiger partial charge in [-0.2, -0.15) is 4.40 Å². The van der Waals surface area contributed by atoms with E-state index in [2.05, 4.69) is 126 Å². The summed E-state index contributed by atoms with van der Waals surface area (Å²) in [6.07, 6.45) is 0. The minimum absolute atomic E-state index is 1.22. The summed E-state index contributed by atoms with van der Waals surface area (Å²) < 4.78 is 2.44. The second-order valence-electron chi connectivity index (χ2n) is 7.61. The van der Waals surface area contributed by atoms with Gasteiger partial charge in [0.15, 0.2) is 0 Å². The number of fused-ring (bicyclic) bond motifs is 5. The van der Waals surface area contributed by atoms with Gasteiger partial charge < -0.3 is 0 Å². The molecule has 0 N–H and O–H groups in total. The van der Waals surface area contributed by atoms with Crippen LogP contribution in [0.5, 0.6) is 0 Å². The van der Waals surface area contributed by atoms with E-state index in [0.717, 1.165) is 0 Å². The molecule has 0 saturated heterocycles. The largest absolute Gasteiger partial charge is 0.227 e. The summed E-state index contributed by atoms with van der Waals surface area (Å²) in [5.74, 6) is 0. The molecule has 1 heteroatoms. The van der Waals surface area contributed by atoms with Crippen LogP contribution >= 0.6 is 0 Å². The molecular formula is C29H20N+. The molecular weight excluding hydrogens is 362 g/mol.